The first-order chi connectivity index (χ1) is 18.4. The van der Waals surface area contributed by atoms with Gasteiger partial charge in [0.05, 0.1) is 6.04 Å². The molecule has 13 heteroatoms. The standard InChI is InChI=1S/C24H19F6N5O2.C2H6/c25-23(26,27)20-13-17(10-11-32-20)36-16-6-4-15(5-7-16)33-21-9-8-19(34-22(31)35-21)14-2-1-3-18(12-14)37-24(28,29)30;1-2/h1-7,10-13,19H,8-9H2,(H3,31,33,34,35);1-2H3. The van der Waals surface area contributed by atoms with E-state index in [-0.39, 0.29) is 17.5 Å². The Morgan fingerprint density at radius 3 is 2.28 bits per heavy atom. The molecule has 3 N–H and O–H groups in total. The number of pyridine rings is 1. The van der Waals surface area contributed by atoms with E-state index in [2.05, 4.69) is 25.0 Å². The van der Waals surface area contributed by atoms with E-state index in [1.54, 1.807) is 30.3 Å². The van der Waals surface area contributed by atoms with Crippen molar-refractivity contribution in [2.75, 3.05) is 5.32 Å². The van der Waals surface area contributed by atoms with E-state index in [0.717, 1.165) is 12.3 Å². The number of hydrogen-bond acceptors (Lipinski definition) is 7. The van der Waals surface area contributed by atoms with Crippen LogP contribution in [0.15, 0.2) is 76.8 Å². The van der Waals surface area contributed by atoms with Crippen molar-refractivity contribution in [2.24, 2.45) is 15.7 Å². The largest absolute Gasteiger partial charge is 0.573 e. The third-order valence-electron chi connectivity index (χ3n) is 5.07. The molecule has 1 atom stereocenters. The fraction of sp³-hybridized carbons (Fsp3) is 0.269. The molecule has 1 unspecified atom stereocenters. The summed E-state index contributed by atoms with van der Waals surface area (Å²) < 4.78 is 85.6. The molecule has 208 valence electrons. The molecule has 4 rings (SSSR count). The lowest BCUT2D eigenvalue weighted by molar-refractivity contribution is -0.274. The molecular weight excluding hydrogens is 528 g/mol. The Balaban J connectivity index is 0.00000205. The first-order valence-electron chi connectivity index (χ1n) is 11.8. The number of halogens is 6. The van der Waals surface area contributed by atoms with Crippen LogP contribution in [0.2, 0.25) is 0 Å². The van der Waals surface area contributed by atoms with Crippen LogP contribution in [0, 0.1) is 0 Å². The maximum Gasteiger partial charge on any atom is 0.573 e. The highest BCUT2D eigenvalue weighted by molar-refractivity contribution is 6.03. The lowest BCUT2D eigenvalue weighted by Gasteiger charge is -2.14. The molecule has 0 bridgehead atoms. The van der Waals surface area contributed by atoms with E-state index in [1.807, 2.05) is 13.8 Å². The van der Waals surface area contributed by atoms with Crippen LogP contribution in [0.1, 0.15) is 44.0 Å². The number of alkyl halides is 6. The van der Waals surface area contributed by atoms with Crippen LogP contribution in [0.25, 0.3) is 0 Å². The number of nitrogens with two attached hydrogens (primary N) is 1. The number of ether oxygens (including phenoxy) is 2. The Bertz CT molecular complexity index is 1310. The van der Waals surface area contributed by atoms with E-state index in [4.69, 9.17) is 10.5 Å². The molecule has 39 heavy (non-hydrogen) atoms. The normalized spacial score (nSPS) is 15.6. The monoisotopic (exact) mass is 553 g/mol. The predicted octanol–water partition coefficient (Wildman–Crippen LogP) is 7.48. The van der Waals surface area contributed by atoms with Crippen molar-refractivity contribution >= 4 is 17.5 Å². The number of anilines is 1. The Morgan fingerprint density at radius 2 is 1.62 bits per heavy atom. The van der Waals surface area contributed by atoms with Crippen LogP contribution in [0.3, 0.4) is 0 Å². The molecule has 0 saturated carbocycles. The van der Waals surface area contributed by atoms with Gasteiger partial charge in [-0.15, -0.1) is 13.2 Å². The van der Waals surface area contributed by atoms with Crippen LogP contribution in [0.4, 0.5) is 32.0 Å². The molecule has 1 aliphatic heterocycles. The topological polar surface area (TPSA) is 94.1 Å². The number of hydrogen-bond donors (Lipinski definition) is 2. The number of guanidine groups is 1. The number of rotatable bonds is 5. The van der Waals surface area contributed by atoms with Gasteiger partial charge >= 0.3 is 12.5 Å². The summed E-state index contributed by atoms with van der Waals surface area (Å²) in [5, 5.41) is 3.09. The van der Waals surface area contributed by atoms with Gasteiger partial charge in [0.1, 0.15) is 28.8 Å². The van der Waals surface area contributed by atoms with Crippen LogP contribution >= 0.6 is 0 Å². The van der Waals surface area contributed by atoms with Crippen LogP contribution in [-0.4, -0.2) is 23.1 Å². The number of aliphatic imine (C=N–C) groups is 2. The molecule has 2 heterocycles. The van der Waals surface area contributed by atoms with E-state index in [9.17, 15) is 26.3 Å². The third-order valence-corrected chi connectivity index (χ3v) is 5.07. The molecule has 0 radical (unpaired) electrons. The number of nitrogens with one attached hydrogen (secondary N) is 1. The van der Waals surface area contributed by atoms with Gasteiger partial charge in [0.2, 0.25) is 5.96 Å². The minimum absolute atomic E-state index is 0.0177. The molecule has 0 spiro atoms. The Hall–Kier alpha value is -4.29. The minimum Gasteiger partial charge on any atom is -0.457 e. The van der Waals surface area contributed by atoms with Gasteiger partial charge < -0.3 is 20.5 Å². The Morgan fingerprint density at radius 1 is 0.897 bits per heavy atom. The average molecular weight is 554 g/mol. The second-order valence-electron chi connectivity index (χ2n) is 7.85. The van der Waals surface area contributed by atoms with Gasteiger partial charge in [-0.1, -0.05) is 26.0 Å². The van der Waals surface area contributed by atoms with Gasteiger partial charge in [0.15, 0.2) is 0 Å². The summed E-state index contributed by atoms with van der Waals surface area (Å²) in [6, 6.07) is 13.5. The third kappa shape index (κ3) is 8.90. The number of aromatic nitrogens is 1. The van der Waals surface area contributed by atoms with Crippen molar-refractivity contribution in [1.82, 2.24) is 4.98 Å². The van der Waals surface area contributed by atoms with Crippen LogP contribution < -0.4 is 20.5 Å². The zero-order valence-corrected chi connectivity index (χ0v) is 20.8. The first kappa shape index (κ1) is 29.3. The molecule has 1 aromatic heterocycles. The van der Waals surface area contributed by atoms with Crippen LogP contribution in [-0.2, 0) is 6.18 Å². The molecule has 7 nitrogen and oxygen atoms in total. The zero-order valence-electron chi connectivity index (χ0n) is 20.8. The molecule has 0 amide bonds. The van der Waals surface area contributed by atoms with Crippen molar-refractivity contribution < 1.29 is 35.8 Å². The van der Waals surface area contributed by atoms with Crippen molar-refractivity contribution in [3.8, 4) is 17.2 Å². The summed E-state index contributed by atoms with van der Waals surface area (Å²) in [5.41, 5.74) is 5.94. The van der Waals surface area contributed by atoms with Gasteiger partial charge in [0.25, 0.3) is 0 Å². The summed E-state index contributed by atoms with van der Waals surface area (Å²) in [5.74, 6) is 0.353. The van der Waals surface area contributed by atoms with Gasteiger partial charge in [-0.2, -0.15) is 13.2 Å². The quantitative estimate of drug-likeness (QED) is 0.320. The number of nitrogens with zero attached hydrogens (tertiary/aromatic N) is 3. The van der Waals surface area contributed by atoms with Gasteiger partial charge in [0, 0.05) is 24.4 Å². The van der Waals surface area contributed by atoms with Crippen molar-refractivity contribution in [1.29, 1.82) is 0 Å². The molecular formula is C26H25F6N5O2. The Kier molecular flexibility index (Phi) is 9.38. The lowest BCUT2D eigenvalue weighted by atomic mass is 10.0. The highest BCUT2D eigenvalue weighted by Crippen LogP contribution is 2.32. The summed E-state index contributed by atoms with van der Waals surface area (Å²) in [4.78, 5) is 11.8. The first-order valence-corrected chi connectivity index (χ1v) is 11.8. The van der Waals surface area contributed by atoms with E-state index in [1.165, 1.54) is 24.3 Å². The van der Waals surface area contributed by atoms with Crippen molar-refractivity contribution in [2.45, 2.75) is 45.3 Å². The fourth-order valence-electron chi connectivity index (χ4n) is 3.51. The summed E-state index contributed by atoms with van der Waals surface area (Å²) >= 11 is 0. The summed E-state index contributed by atoms with van der Waals surface area (Å²) in [7, 11) is 0. The molecule has 0 aliphatic carbocycles. The smallest absolute Gasteiger partial charge is 0.457 e. The number of amidine groups is 1. The number of benzene rings is 2. The summed E-state index contributed by atoms with van der Waals surface area (Å²) in [6.45, 7) is 4.00. The maximum atomic E-state index is 12.8. The second-order valence-corrected chi connectivity index (χ2v) is 7.85. The van der Waals surface area contributed by atoms with Crippen molar-refractivity contribution in [3.05, 3.63) is 78.1 Å². The minimum atomic E-state index is -4.81. The predicted molar refractivity (Wildman–Crippen MR) is 135 cm³/mol. The molecule has 3 aromatic rings. The lowest BCUT2D eigenvalue weighted by Crippen LogP contribution is -2.17. The highest BCUT2D eigenvalue weighted by atomic mass is 19.4. The second kappa shape index (κ2) is 12.5. The van der Waals surface area contributed by atoms with Crippen LogP contribution in [0.5, 0.6) is 17.2 Å². The molecule has 2 aromatic carbocycles. The van der Waals surface area contributed by atoms with E-state index < -0.39 is 24.3 Å². The molecule has 0 fully saturated rings. The zero-order chi connectivity index (χ0) is 28.6. The summed E-state index contributed by atoms with van der Waals surface area (Å²) in [6.07, 6.45) is -7.59. The van der Waals surface area contributed by atoms with Crippen molar-refractivity contribution in [3.63, 3.8) is 0 Å². The maximum absolute atomic E-state index is 12.8. The van der Waals surface area contributed by atoms with E-state index >= 15 is 0 Å². The van der Waals surface area contributed by atoms with Gasteiger partial charge in [-0.25, -0.2) is 9.98 Å². The molecule has 0 saturated heterocycles. The average Bonchev–Trinajstić information content (AvgIpc) is 3.06. The highest BCUT2D eigenvalue weighted by Gasteiger charge is 2.33. The Labute approximate surface area is 220 Å². The van der Waals surface area contributed by atoms with E-state index in [0.29, 0.717) is 35.7 Å². The van der Waals surface area contributed by atoms with Gasteiger partial charge in [-0.05, 0) is 54.4 Å². The SMILES string of the molecule is CC.NC1=NC(c2cccc(OC(F)(F)F)c2)CCC(Nc2ccc(Oc3ccnc(C(F)(F)F)c3)cc2)=N1. The fourth-order valence-corrected chi connectivity index (χ4v) is 3.51. The van der Waals surface area contributed by atoms with Gasteiger partial charge in [-0.3, -0.25) is 4.98 Å². The molecule has 1 aliphatic rings.